The lowest BCUT2D eigenvalue weighted by atomic mass is 10.1. The lowest BCUT2D eigenvalue weighted by molar-refractivity contribution is -0.114. The zero-order valence-corrected chi connectivity index (χ0v) is 17.3. The fourth-order valence-electron chi connectivity index (χ4n) is 3.62. The summed E-state index contributed by atoms with van der Waals surface area (Å²) in [6.45, 7) is 2.53. The second-order valence-corrected chi connectivity index (χ2v) is 7.45. The molecule has 1 aliphatic rings. The zero-order valence-electron chi connectivity index (χ0n) is 17.3. The van der Waals surface area contributed by atoms with Crippen LogP contribution in [-0.4, -0.2) is 31.4 Å². The van der Waals surface area contributed by atoms with Gasteiger partial charge in [-0.05, 0) is 61.4 Å². The highest BCUT2D eigenvalue weighted by molar-refractivity contribution is 6.00. The largest absolute Gasteiger partial charge is 0.467 e. The Kier molecular flexibility index (Phi) is 6.52. The van der Waals surface area contributed by atoms with Crippen molar-refractivity contribution in [3.8, 4) is 0 Å². The average Bonchev–Trinajstić information content (AvgIpc) is 3.51. The van der Waals surface area contributed by atoms with Gasteiger partial charge in [0.2, 0.25) is 5.91 Å². The van der Waals surface area contributed by atoms with Gasteiger partial charge in [-0.2, -0.15) is 0 Å². The Morgan fingerprint density at radius 3 is 2.45 bits per heavy atom. The minimum Gasteiger partial charge on any atom is -0.467 e. The van der Waals surface area contributed by atoms with E-state index in [1.807, 2.05) is 30.3 Å². The molecule has 7 nitrogen and oxygen atoms in total. The van der Waals surface area contributed by atoms with Crippen LogP contribution in [0, 0.1) is 0 Å². The quantitative estimate of drug-likeness (QED) is 0.517. The molecule has 3 N–H and O–H groups in total. The van der Waals surface area contributed by atoms with Gasteiger partial charge in [-0.1, -0.05) is 12.1 Å². The molecule has 0 aliphatic carbocycles. The Morgan fingerprint density at radius 1 is 0.935 bits per heavy atom. The molecule has 4 rings (SSSR count). The summed E-state index contributed by atoms with van der Waals surface area (Å²) >= 11 is 0. The summed E-state index contributed by atoms with van der Waals surface area (Å²) in [5.74, 6) is 0.256. The summed E-state index contributed by atoms with van der Waals surface area (Å²) in [7, 11) is 0. The van der Waals surface area contributed by atoms with Crippen molar-refractivity contribution in [2.75, 3.05) is 35.2 Å². The highest BCUT2D eigenvalue weighted by atomic mass is 16.3. The minimum absolute atomic E-state index is 0.0519. The molecule has 1 saturated heterocycles. The lowest BCUT2D eigenvalue weighted by Gasteiger charge is -2.18. The smallest absolute Gasteiger partial charge is 0.253 e. The number of furan rings is 1. The molecule has 31 heavy (non-hydrogen) atoms. The van der Waals surface area contributed by atoms with Gasteiger partial charge in [0.05, 0.1) is 24.9 Å². The number of rotatable bonds is 8. The zero-order chi connectivity index (χ0) is 21.5. The van der Waals surface area contributed by atoms with Crippen LogP contribution in [0.2, 0.25) is 0 Å². The molecule has 0 unspecified atom stereocenters. The molecule has 0 radical (unpaired) electrons. The number of carbonyl (C=O) groups excluding carboxylic acids is 2. The monoisotopic (exact) mass is 418 g/mol. The molecule has 3 aromatic rings. The van der Waals surface area contributed by atoms with E-state index in [0.29, 0.717) is 23.6 Å². The number of amides is 2. The summed E-state index contributed by atoms with van der Waals surface area (Å²) in [6.07, 6.45) is 4.02. The minimum atomic E-state index is -0.239. The van der Waals surface area contributed by atoms with Crippen LogP contribution in [0.15, 0.2) is 71.3 Å². The van der Waals surface area contributed by atoms with Gasteiger partial charge >= 0.3 is 0 Å². The first-order valence-corrected chi connectivity index (χ1v) is 10.5. The molecule has 7 heteroatoms. The maximum atomic E-state index is 12.5. The van der Waals surface area contributed by atoms with Crippen molar-refractivity contribution in [3.05, 3.63) is 78.3 Å². The van der Waals surface area contributed by atoms with Gasteiger partial charge < -0.3 is 25.3 Å². The molecule has 160 valence electrons. The Labute approximate surface area is 181 Å². The molecule has 2 aromatic carbocycles. The highest BCUT2D eigenvalue weighted by Crippen LogP contribution is 2.22. The van der Waals surface area contributed by atoms with Crippen LogP contribution in [0.5, 0.6) is 0 Å². The van der Waals surface area contributed by atoms with Crippen LogP contribution in [-0.2, 0) is 11.3 Å². The Morgan fingerprint density at radius 2 is 1.71 bits per heavy atom. The van der Waals surface area contributed by atoms with E-state index in [2.05, 4.69) is 20.9 Å². The topological polar surface area (TPSA) is 86.6 Å². The van der Waals surface area contributed by atoms with E-state index in [1.54, 1.807) is 36.6 Å². The van der Waals surface area contributed by atoms with Gasteiger partial charge in [-0.15, -0.1) is 0 Å². The fourth-order valence-corrected chi connectivity index (χ4v) is 3.62. The normalized spacial score (nSPS) is 13.1. The number of para-hydroxylation sites is 1. The molecule has 2 heterocycles. The van der Waals surface area contributed by atoms with Crippen molar-refractivity contribution in [3.63, 3.8) is 0 Å². The second kappa shape index (κ2) is 9.84. The number of hydrogen-bond acceptors (Lipinski definition) is 5. The first-order valence-electron chi connectivity index (χ1n) is 10.5. The van der Waals surface area contributed by atoms with Crippen molar-refractivity contribution in [1.82, 2.24) is 5.32 Å². The van der Waals surface area contributed by atoms with Crippen LogP contribution in [0.25, 0.3) is 0 Å². The lowest BCUT2D eigenvalue weighted by Crippen LogP contribution is -2.26. The molecule has 1 aliphatic heterocycles. The average molecular weight is 418 g/mol. The van der Waals surface area contributed by atoms with E-state index >= 15 is 0 Å². The van der Waals surface area contributed by atoms with Crippen LogP contribution >= 0.6 is 0 Å². The third-order valence-electron chi connectivity index (χ3n) is 5.24. The molecule has 0 bridgehead atoms. The number of carbonyl (C=O) groups is 2. The van der Waals surface area contributed by atoms with Crippen molar-refractivity contribution >= 4 is 28.9 Å². The molecular weight excluding hydrogens is 392 g/mol. The number of benzene rings is 2. The van der Waals surface area contributed by atoms with Crippen molar-refractivity contribution < 1.29 is 14.0 Å². The number of anilines is 3. The number of hydrogen-bond donors (Lipinski definition) is 3. The summed E-state index contributed by atoms with van der Waals surface area (Å²) in [5.41, 5.74) is 3.00. The predicted molar refractivity (Wildman–Crippen MR) is 121 cm³/mol. The van der Waals surface area contributed by atoms with E-state index in [-0.39, 0.29) is 18.4 Å². The van der Waals surface area contributed by atoms with Crippen LogP contribution in [0.3, 0.4) is 0 Å². The highest BCUT2D eigenvalue weighted by Gasteiger charge is 2.14. The van der Waals surface area contributed by atoms with Gasteiger partial charge in [0, 0.05) is 30.2 Å². The van der Waals surface area contributed by atoms with Crippen molar-refractivity contribution in [1.29, 1.82) is 0 Å². The van der Waals surface area contributed by atoms with E-state index in [0.717, 1.165) is 18.8 Å². The first-order chi connectivity index (χ1) is 15.2. The maximum absolute atomic E-state index is 12.5. The van der Waals surface area contributed by atoms with Crippen molar-refractivity contribution in [2.45, 2.75) is 19.4 Å². The molecule has 0 atom stereocenters. The van der Waals surface area contributed by atoms with E-state index < -0.39 is 0 Å². The second-order valence-electron chi connectivity index (χ2n) is 7.45. The first kappa shape index (κ1) is 20.5. The van der Waals surface area contributed by atoms with Crippen molar-refractivity contribution in [2.24, 2.45) is 0 Å². The molecule has 0 saturated carbocycles. The van der Waals surface area contributed by atoms with E-state index in [9.17, 15) is 9.59 Å². The molecular formula is C24H26N4O3. The summed E-state index contributed by atoms with van der Waals surface area (Å²) in [4.78, 5) is 27.3. The standard InChI is InChI=1S/C24H26N4O3/c29-23(27-18-9-11-19(12-10-18)28-13-3-4-14-28)17-25-22-8-2-1-7-21(22)24(30)26-16-20-6-5-15-31-20/h1-2,5-12,15,25H,3-4,13-14,16-17H2,(H,26,30)(H,27,29). The predicted octanol–water partition coefficient (Wildman–Crippen LogP) is 3.86. The van der Waals surface area contributed by atoms with Crippen LogP contribution in [0.1, 0.15) is 29.0 Å². The van der Waals surface area contributed by atoms with Gasteiger partial charge in [-0.3, -0.25) is 9.59 Å². The Balaban J connectivity index is 1.30. The summed E-state index contributed by atoms with van der Waals surface area (Å²) in [5, 5.41) is 8.77. The van der Waals surface area contributed by atoms with Gasteiger partial charge in [0.1, 0.15) is 5.76 Å². The van der Waals surface area contributed by atoms with Gasteiger partial charge in [0.25, 0.3) is 5.91 Å². The van der Waals surface area contributed by atoms with Crippen LogP contribution in [0.4, 0.5) is 17.1 Å². The fraction of sp³-hybridized carbons (Fsp3) is 0.250. The van der Waals surface area contributed by atoms with Gasteiger partial charge in [0.15, 0.2) is 0 Å². The molecule has 1 aromatic heterocycles. The van der Waals surface area contributed by atoms with Gasteiger partial charge in [-0.25, -0.2) is 0 Å². The SMILES string of the molecule is O=C(CNc1ccccc1C(=O)NCc1ccco1)Nc1ccc(N2CCCC2)cc1. The molecule has 1 fully saturated rings. The molecule has 2 amide bonds. The third kappa shape index (κ3) is 5.45. The Hall–Kier alpha value is -3.74. The molecule has 0 spiro atoms. The summed E-state index contributed by atoms with van der Waals surface area (Å²) < 4.78 is 5.24. The number of nitrogens with one attached hydrogen (secondary N) is 3. The third-order valence-corrected chi connectivity index (χ3v) is 5.24. The summed E-state index contributed by atoms with van der Waals surface area (Å²) in [6, 6.07) is 18.6. The maximum Gasteiger partial charge on any atom is 0.253 e. The van der Waals surface area contributed by atoms with E-state index in [1.165, 1.54) is 18.5 Å². The van der Waals surface area contributed by atoms with E-state index in [4.69, 9.17) is 4.42 Å². The Bertz CT molecular complexity index is 1010. The van der Waals surface area contributed by atoms with Crippen LogP contribution < -0.4 is 20.9 Å². The number of nitrogens with zero attached hydrogens (tertiary/aromatic N) is 1.